The smallest absolute Gasteiger partial charge is 0.197 e. The second-order valence-corrected chi connectivity index (χ2v) is 4.75. The number of piperazine rings is 1. The summed E-state index contributed by atoms with van der Waals surface area (Å²) in [6.07, 6.45) is 0. The van der Waals surface area contributed by atoms with Crippen LogP contribution in [-0.2, 0) is 6.54 Å². The van der Waals surface area contributed by atoms with Gasteiger partial charge in [0.25, 0.3) is 0 Å². The number of nitrogens with zero attached hydrogens (tertiary/aromatic N) is 1. The van der Waals surface area contributed by atoms with E-state index in [1.54, 1.807) is 7.11 Å². The maximum atomic E-state index is 13.8. The Balaban J connectivity index is 2.32. The van der Waals surface area contributed by atoms with Crippen LogP contribution in [0.4, 0.5) is 4.39 Å². The minimum atomic E-state index is -0.374. The first-order valence-corrected chi connectivity index (χ1v) is 6.50. The lowest BCUT2D eigenvalue weighted by molar-refractivity contribution is 0.228. The lowest BCUT2D eigenvalue weighted by atomic mass is 10.1. The number of ether oxygens (including phenoxy) is 2. The lowest BCUT2D eigenvalue weighted by Crippen LogP contribution is -2.43. The van der Waals surface area contributed by atoms with Crippen molar-refractivity contribution >= 4 is 0 Å². The molecule has 1 heterocycles. The monoisotopic (exact) mass is 268 g/mol. The van der Waals surface area contributed by atoms with Gasteiger partial charge in [-0.25, -0.2) is 4.39 Å². The molecule has 1 N–H and O–H groups in total. The number of methoxy groups -OCH3 is 2. The van der Waals surface area contributed by atoms with Crippen LogP contribution in [-0.4, -0.2) is 45.3 Å². The van der Waals surface area contributed by atoms with E-state index in [1.807, 2.05) is 6.92 Å². The number of benzene rings is 1. The Morgan fingerprint density at radius 1 is 1.21 bits per heavy atom. The van der Waals surface area contributed by atoms with Crippen LogP contribution in [0, 0.1) is 12.7 Å². The van der Waals surface area contributed by atoms with Gasteiger partial charge in [-0.3, -0.25) is 4.90 Å². The fourth-order valence-corrected chi connectivity index (χ4v) is 2.46. The molecule has 1 aliphatic heterocycles. The van der Waals surface area contributed by atoms with E-state index >= 15 is 0 Å². The number of halogens is 1. The molecule has 1 aliphatic rings. The van der Waals surface area contributed by atoms with E-state index in [9.17, 15) is 4.39 Å². The van der Waals surface area contributed by atoms with Crippen molar-refractivity contribution in [3.8, 4) is 11.5 Å². The maximum Gasteiger partial charge on any atom is 0.197 e. The third-order valence-corrected chi connectivity index (χ3v) is 3.52. The van der Waals surface area contributed by atoms with Crippen LogP contribution in [0.1, 0.15) is 11.1 Å². The average Bonchev–Trinajstić information content (AvgIpc) is 2.42. The average molecular weight is 268 g/mol. The molecule has 1 aromatic carbocycles. The standard InChI is InChI=1S/C14H21FN2O2/c1-10-8-12(15)14(19-3)13(18-2)11(10)9-17-6-4-16-5-7-17/h8,16H,4-7,9H2,1-3H3. The molecule has 0 amide bonds. The van der Waals surface area contributed by atoms with Crippen LogP contribution in [0.5, 0.6) is 11.5 Å². The zero-order chi connectivity index (χ0) is 13.8. The van der Waals surface area contributed by atoms with Gasteiger partial charge in [0.05, 0.1) is 14.2 Å². The third kappa shape index (κ3) is 2.98. The Labute approximate surface area is 113 Å². The molecule has 0 saturated carbocycles. The van der Waals surface area contributed by atoms with Crippen LogP contribution in [0.15, 0.2) is 6.07 Å². The Morgan fingerprint density at radius 3 is 2.42 bits per heavy atom. The molecule has 0 radical (unpaired) electrons. The Morgan fingerprint density at radius 2 is 1.84 bits per heavy atom. The first kappa shape index (κ1) is 14.1. The van der Waals surface area contributed by atoms with Gasteiger partial charge in [0.1, 0.15) is 0 Å². The minimum absolute atomic E-state index is 0.193. The summed E-state index contributed by atoms with van der Waals surface area (Å²) < 4.78 is 24.3. The second kappa shape index (κ2) is 6.21. The molecule has 0 aromatic heterocycles. The quantitative estimate of drug-likeness (QED) is 0.898. The molecule has 5 heteroatoms. The summed E-state index contributed by atoms with van der Waals surface area (Å²) in [5.41, 5.74) is 1.90. The molecule has 0 bridgehead atoms. The van der Waals surface area contributed by atoms with E-state index < -0.39 is 0 Å². The summed E-state index contributed by atoms with van der Waals surface area (Å²) in [7, 11) is 3.02. The van der Waals surface area contributed by atoms with Crippen LogP contribution < -0.4 is 14.8 Å². The van der Waals surface area contributed by atoms with E-state index in [1.165, 1.54) is 13.2 Å². The molecule has 2 rings (SSSR count). The summed E-state index contributed by atoms with van der Waals surface area (Å²) in [6, 6.07) is 1.51. The molecule has 4 nitrogen and oxygen atoms in total. The predicted octanol–water partition coefficient (Wildman–Crippen LogP) is 1.56. The molecule has 1 fully saturated rings. The Hall–Kier alpha value is -1.33. The summed E-state index contributed by atoms with van der Waals surface area (Å²) in [6.45, 7) is 6.61. The summed E-state index contributed by atoms with van der Waals surface area (Å²) in [5, 5.41) is 3.32. The molecule has 0 atom stereocenters. The Kier molecular flexibility index (Phi) is 4.61. The molecule has 0 aliphatic carbocycles. The molecule has 19 heavy (non-hydrogen) atoms. The van der Waals surface area contributed by atoms with Crippen molar-refractivity contribution in [2.45, 2.75) is 13.5 Å². The van der Waals surface area contributed by atoms with Crippen molar-refractivity contribution in [1.82, 2.24) is 10.2 Å². The fraction of sp³-hybridized carbons (Fsp3) is 0.571. The van der Waals surface area contributed by atoms with Crippen LogP contribution >= 0.6 is 0 Å². The summed E-state index contributed by atoms with van der Waals surface area (Å²) in [5.74, 6) is 0.331. The molecular formula is C14H21FN2O2. The Bertz CT molecular complexity index is 446. The van der Waals surface area contributed by atoms with Crippen molar-refractivity contribution in [1.29, 1.82) is 0 Å². The predicted molar refractivity (Wildman–Crippen MR) is 72.4 cm³/mol. The lowest BCUT2D eigenvalue weighted by Gasteiger charge is -2.28. The van der Waals surface area contributed by atoms with Crippen LogP contribution in [0.25, 0.3) is 0 Å². The number of nitrogens with one attached hydrogen (secondary N) is 1. The van der Waals surface area contributed by atoms with Crippen molar-refractivity contribution < 1.29 is 13.9 Å². The first-order valence-electron chi connectivity index (χ1n) is 6.50. The highest BCUT2D eigenvalue weighted by Gasteiger charge is 2.20. The van der Waals surface area contributed by atoms with Gasteiger partial charge in [-0.05, 0) is 18.6 Å². The highest BCUT2D eigenvalue weighted by atomic mass is 19.1. The number of hydrogen-bond donors (Lipinski definition) is 1. The van der Waals surface area contributed by atoms with Gasteiger partial charge in [-0.2, -0.15) is 0 Å². The van der Waals surface area contributed by atoms with Gasteiger partial charge in [-0.1, -0.05) is 0 Å². The van der Waals surface area contributed by atoms with Gasteiger partial charge in [0, 0.05) is 38.3 Å². The molecule has 1 aromatic rings. The maximum absolute atomic E-state index is 13.8. The topological polar surface area (TPSA) is 33.7 Å². The van der Waals surface area contributed by atoms with Crippen molar-refractivity contribution in [3.05, 3.63) is 23.0 Å². The number of aryl methyl sites for hydroxylation is 1. The van der Waals surface area contributed by atoms with Crippen LogP contribution in [0.3, 0.4) is 0 Å². The van der Waals surface area contributed by atoms with E-state index in [2.05, 4.69) is 10.2 Å². The zero-order valence-corrected chi connectivity index (χ0v) is 11.8. The minimum Gasteiger partial charge on any atom is -0.492 e. The molecule has 1 saturated heterocycles. The molecule has 106 valence electrons. The number of hydrogen-bond acceptors (Lipinski definition) is 4. The van der Waals surface area contributed by atoms with E-state index in [4.69, 9.17) is 9.47 Å². The SMILES string of the molecule is COc1c(F)cc(C)c(CN2CCNCC2)c1OC. The van der Waals surface area contributed by atoms with Crippen molar-refractivity contribution in [3.63, 3.8) is 0 Å². The normalized spacial score (nSPS) is 16.4. The molecular weight excluding hydrogens is 247 g/mol. The van der Waals surface area contributed by atoms with Crippen molar-refractivity contribution in [2.75, 3.05) is 40.4 Å². The largest absolute Gasteiger partial charge is 0.492 e. The highest BCUT2D eigenvalue weighted by Crippen LogP contribution is 2.36. The zero-order valence-electron chi connectivity index (χ0n) is 11.8. The third-order valence-electron chi connectivity index (χ3n) is 3.52. The van der Waals surface area contributed by atoms with Crippen LogP contribution in [0.2, 0.25) is 0 Å². The van der Waals surface area contributed by atoms with E-state index in [0.717, 1.165) is 43.9 Å². The van der Waals surface area contributed by atoms with Gasteiger partial charge < -0.3 is 14.8 Å². The van der Waals surface area contributed by atoms with Gasteiger partial charge in [0.2, 0.25) is 0 Å². The van der Waals surface area contributed by atoms with Gasteiger partial charge in [0.15, 0.2) is 17.3 Å². The summed E-state index contributed by atoms with van der Waals surface area (Å²) >= 11 is 0. The molecule has 0 spiro atoms. The van der Waals surface area contributed by atoms with E-state index in [0.29, 0.717) is 5.75 Å². The van der Waals surface area contributed by atoms with Crippen molar-refractivity contribution in [2.24, 2.45) is 0 Å². The van der Waals surface area contributed by atoms with E-state index in [-0.39, 0.29) is 11.6 Å². The van der Waals surface area contributed by atoms with Gasteiger partial charge >= 0.3 is 0 Å². The fourth-order valence-electron chi connectivity index (χ4n) is 2.46. The highest BCUT2D eigenvalue weighted by molar-refractivity contribution is 5.51. The summed E-state index contributed by atoms with van der Waals surface area (Å²) in [4.78, 5) is 2.33. The number of rotatable bonds is 4. The second-order valence-electron chi connectivity index (χ2n) is 4.75. The first-order chi connectivity index (χ1) is 9.17. The molecule has 0 unspecified atom stereocenters. The van der Waals surface area contributed by atoms with Gasteiger partial charge in [-0.15, -0.1) is 0 Å².